The molecule has 0 aliphatic rings. The average Bonchev–Trinajstić information content (AvgIpc) is 2.42. The van der Waals surface area contributed by atoms with E-state index in [1.807, 2.05) is 13.0 Å². The fraction of sp³-hybridized carbons (Fsp3) is 0.312. The van der Waals surface area contributed by atoms with Gasteiger partial charge < -0.3 is 10.1 Å². The summed E-state index contributed by atoms with van der Waals surface area (Å²) in [6, 6.07) is 6.80. The quantitative estimate of drug-likeness (QED) is 0.900. The van der Waals surface area contributed by atoms with Crippen molar-refractivity contribution in [2.75, 3.05) is 0 Å². The minimum atomic E-state index is -0.309. The Morgan fingerprint density at radius 3 is 2.80 bits per heavy atom. The molecule has 0 saturated carbocycles. The smallest absolute Gasteiger partial charge is 0.150 e. The summed E-state index contributed by atoms with van der Waals surface area (Å²) in [7, 11) is 0. The number of hydrogen-bond acceptors (Lipinski definition) is 3. The molecule has 0 spiro atoms. The maximum Gasteiger partial charge on any atom is 0.150 e. The number of nitrogens with zero attached hydrogens (tertiary/aromatic N) is 1. The molecule has 4 heteroatoms. The predicted molar refractivity (Wildman–Crippen MR) is 77.4 cm³/mol. The van der Waals surface area contributed by atoms with E-state index in [-0.39, 0.29) is 5.82 Å². The van der Waals surface area contributed by atoms with Crippen LogP contribution >= 0.6 is 0 Å². The largest absolute Gasteiger partial charge is 0.455 e. The number of halogens is 1. The fourth-order valence-corrected chi connectivity index (χ4v) is 1.76. The van der Waals surface area contributed by atoms with Crippen LogP contribution in [0.25, 0.3) is 0 Å². The second-order valence-corrected chi connectivity index (χ2v) is 5.03. The van der Waals surface area contributed by atoms with Crippen molar-refractivity contribution < 1.29 is 9.13 Å². The topological polar surface area (TPSA) is 34.1 Å². The minimum Gasteiger partial charge on any atom is -0.455 e. The number of aromatic nitrogens is 1. The molecule has 3 nitrogen and oxygen atoms in total. The van der Waals surface area contributed by atoms with Crippen molar-refractivity contribution in [2.45, 2.75) is 33.4 Å². The number of aryl methyl sites for hydroxylation is 1. The number of nitrogens with one attached hydrogen (secondary N) is 1. The summed E-state index contributed by atoms with van der Waals surface area (Å²) in [6.07, 6.45) is 3.38. The summed E-state index contributed by atoms with van der Waals surface area (Å²) in [4.78, 5) is 4.07. The van der Waals surface area contributed by atoms with Gasteiger partial charge >= 0.3 is 0 Å². The van der Waals surface area contributed by atoms with Crippen molar-refractivity contribution in [2.24, 2.45) is 0 Å². The lowest BCUT2D eigenvalue weighted by atomic mass is 10.2. The maximum absolute atomic E-state index is 13.3. The number of pyridine rings is 1. The monoisotopic (exact) mass is 274 g/mol. The van der Waals surface area contributed by atoms with E-state index >= 15 is 0 Å². The van der Waals surface area contributed by atoms with E-state index in [0.717, 1.165) is 11.1 Å². The van der Waals surface area contributed by atoms with Gasteiger partial charge in [0.05, 0.1) is 6.20 Å². The van der Waals surface area contributed by atoms with Crippen LogP contribution in [0.1, 0.15) is 25.0 Å². The Hall–Kier alpha value is -1.94. The summed E-state index contributed by atoms with van der Waals surface area (Å²) in [6.45, 7) is 6.73. The third kappa shape index (κ3) is 3.78. The second-order valence-electron chi connectivity index (χ2n) is 5.03. The first-order valence-electron chi connectivity index (χ1n) is 6.66. The van der Waals surface area contributed by atoms with Crippen LogP contribution in [0.4, 0.5) is 4.39 Å². The average molecular weight is 274 g/mol. The Bertz CT molecular complexity index is 584. The highest BCUT2D eigenvalue weighted by atomic mass is 19.1. The lowest BCUT2D eigenvalue weighted by molar-refractivity contribution is 0.459. The lowest BCUT2D eigenvalue weighted by Gasteiger charge is -2.14. The van der Waals surface area contributed by atoms with Gasteiger partial charge in [0.25, 0.3) is 0 Å². The van der Waals surface area contributed by atoms with Crippen LogP contribution in [0.5, 0.6) is 11.5 Å². The van der Waals surface area contributed by atoms with Crippen molar-refractivity contribution in [3.63, 3.8) is 0 Å². The molecule has 1 N–H and O–H groups in total. The molecule has 106 valence electrons. The molecule has 0 amide bonds. The zero-order valence-electron chi connectivity index (χ0n) is 12.0. The van der Waals surface area contributed by atoms with E-state index in [2.05, 4.69) is 24.1 Å². The van der Waals surface area contributed by atoms with Crippen molar-refractivity contribution in [1.82, 2.24) is 10.3 Å². The van der Waals surface area contributed by atoms with Crippen LogP contribution in [0, 0.1) is 12.7 Å². The first-order valence-corrected chi connectivity index (χ1v) is 6.66. The van der Waals surface area contributed by atoms with E-state index < -0.39 is 0 Å². The number of hydrogen-bond donors (Lipinski definition) is 1. The highest BCUT2D eigenvalue weighted by Gasteiger charge is 2.08. The van der Waals surface area contributed by atoms with Gasteiger partial charge in [-0.25, -0.2) is 4.39 Å². The van der Waals surface area contributed by atoms with Crippen molar-refractivity contribution in [1.29, 1.82) is 0 Å². The molecule has 1 aromatic heterocycles. The molecule has 0 aliphatic heterocycles. The third-order valence-corrected chi connectivity index (χ3v) is 2.94. The molecule has 1 heterocycles. The van der Waals surface area contributed by atoms with E-state index in [0.29, 0.717) is 24.1 Å². The van der Waals surface area contributed by atoms with Gasteiger partial charge in [-0.15, -0.1) is 0 Å². The third-order valence-electron chi connectivity index (χ3n) is 2.94. The molecule has 2 rings (SSSR count). The highest BCUT2D eigenvalue weighted by molar-refractivity contribution is 5.39. The number of rotatable bonds is 5. The van der Waals surface area contributed by atoms with Crippen LogP contribution in [0.15, 0.2) is 36.7 Å². The fourth-order valence-electron chi connectivity index (χ4n) is 1.76. The Balaban J connectivity index is 2.22. The highest BCUT2D eigenvalue weighted by Crippen LogP contribution is 2.27. The summed E-state index contributed by atoms with van der Waals surface area (Å²) in [5, 5.41) is 3.33. The molecule has 0 atom stereocenters. The van der Waals surface area contributed by atoms with Gasteiger partial charge in [0.1, 0.15) is 17.3 Å². The van der Waals surface area contributed by atoms with E-state index in [1.54, 1.807) is 18.5 Å². The Labute approximate surface area is 118 Å². The molecule has 0 unspecified atom stereocenters. The first kappa shape index (κ1) is 14.5. The molecule has 0 saturated heterocycles. The van der Waals surface area contributed by atoms with Crippen LogP contribution < -0.4 is 10.1 Å². The lowest BCUT2D eigenvalue weighted by Crippen LogP contribution is -2.22. The molecule has 0 bridgehead atoms. The molecule has 1 aromatic carbocycles. The zero-order chi connectivity index (χ0) is 14.5. The number of ether oxygens (including phenoxy) is 1. The first-order chi connectivity index (χ1) is 9.56. The van der Waals surface area contributed by atoms with Crippen LogP contribution in [-0.4, -0.2) is 11.0 Å². The predicted octanol–water partition coefficient (Wildman–Crippen LogP) is 3.82. The van der Waals surface area contributed by atoms with Gasteiger partial charge in [-0.05, 0) is 24.6 Å². The van der Waals surface area contributed by atoms with Crippen molar-refractivity contribution in [3.05, 3.63) is 53.6 Å². The van der Waals surface area contributed by atoms with Gasteiger partial charge in [0.2, 0.25) is 0 Å². The van der Waals surface area contributed by atoms with Gasteiger partial charge in [-0.2, -0.15) is 0 Å². The van der Waals surface area contributed by atoms with Crippen molar-refractivity contribution in [3.8, 4) is 11.5 Å². The van der Waals surface area contributed by atoms with E-state index in [9.17, 15) is 4.39 Å². The molecule has 20 heavy (non-hydrogen) atoms. The normalized spacial score (nSPS) is 10.8. The summed E-state index contributed by atoms with van der Waals surface area (Å²) in [5.74, 6) is 0.856. The molecule has 0 aliphatic carbocycles. The second kappa shape index (κ2) is 6.48. The van der Waals surface area contributed by atoms with Gasteiger partial charge in [0.15, 0.2) is 0 Å². The van der Waals surface area contributed by atoms with E-state index in [1.165, 1.54) is 12.1 Å². The summed E-state index contributed by atoms with van der Waals surface area (Å²) in [5.41, 5.74) is 1.88. The molecular weight excluding hydrogens is 255 g/mol. The summed E-state index contributed by atoms with van der Waals surface area (Å²) >= 11 is 0. The standard InChI is InChI=1S/C16H19FN2O/c1-11(2)19-9-13-6-7-18-10-16(13)20-15-8-14(17)5-4-12(15)3/h4-8,10-11,19H,9H2,1-3H3. The minimum absolute atomic E-state index is 0.309. The van der Waals surface area contributed by atoms with Gasteiger partial charge in [-0.1, -0.05) is 19.9 Å². The summed E-state index contributed by atoms with van der Waals surface area (Å²) < 4.78 is 19.1. The number of benzene rings is 1. The SMILES string of the molecule is Cc1ccc(F)cc1Oc1cnccc1CNC(C)C. The Morgan fingerprint density at radius 2 is 2.05 bits per heavy atom. The molecule has 0 radical (unpaired) electrons. The molecular formula is C16H19FN2O. The van der Waals surface area contributed by atoms with Crippen LogP contribution in [0.3, 0.4) is 0 Å². The zero-order valence-corrected chi connectivity index (χ0v) is 12.0. The molecule has 0 fully saturated rings. The van der Waals surface area contributed by atoms with Gasteiger partial charge in [0, 0.05) is 30.4 Å². The Kier molecular flexibility index (Phi) is 4.69. The Morgan fingerprint density at radius 1 is 1.25 bits per heavy atom. The van der Waals surface area contributed by atoms with Gasteiger partial charge in [-0.3, -0.25) is 4.98 Å². The van der Waals surface area contributed by atoms with Crippen LogP contribution in [-0.2, 0) is 6.54 Å². The van der Waals surface area contributed by atoms with E-state index in [4.69, 9.17) is 4.74 Å². The van der Waals surface area contributed by atoms with Crippen LogP contribution in [0.2, 0.25) is 0 Å². The maximum atomic E-state index is 13.3. The van der Waals surface area contributed by atoms with Crippen molar-refractivity contribution >= 4 is 0 Å². The molecule has 2 aromatic rings.